The zero-order chi connectivity index (χ0) is 14.9. The molecule has 2 rings (SSSR count). The van der Waals surface area contributed by atoms with Crippen molar-refractivity contribution in [2.24, 2.45) is 7.05 Å². The smallest absolute Gasteiger partial charge is 0.307 e. The molecule has 9 nitrogen and oxygen atoms in total. The van der Waals surface area contributed by atoms with Crippen molar-refractivity contribution in [3.63, 3.8) is 0 Å². The Hall–Kier alpha value is -2.71. The number of aromatic nitrogens is 4. The number of aryl methyl sites for hydroxylation is 1. The first-order valence-corrected chi connectivity index (χ1v) is 5.89. The van der Waals surface area contributed by atoms with E-state index in [0.29, 0.717) is 11.5 Å². The van der Waals surface area contributed by atoms with Crippen LogP contribution < -0.4 is 5.32 Å². The number of anilines is 1. The van der Waals surface area contributed by atoms with Crippen LogP contribution in [0.15, 0.2) is 18.5 Å². The molecule has 0 radical (unpaired) electrons. The second-order valence-electron chi connectivity index (χ2n) is 4.36. The number of amides is 1. The average molecular weight is 278 g/mol. The summed E-state index contributed by atoms with van der Waals surface area (Å²) in [7, 11) is 1.74. The van der Waals surface area contributed by atoms with Gasteiger partial charge >= 0.3 is 5.69 Å². The molecule has 0 aromatic carbocycles. The Balaban J connectivity index is 2.16. The molecule has 0 aliphatic heterocycles. The molecule has 0 saturated heterocycles. The SMILES string of the molecule is Cc1c([N+](=O)[O-])cnn1C(C)C(=O)Nc1ccn(C)n1. The largest absolute Gasteiger partial charge is 0.309 e. The Labute approximate surface area is 114 Å². The van der Waals surface area contributed by atoms with Gasteiger partial charge in [-0.2, -0.15) is 10.2 Å². The number of hydrogen-bond acceptors (Lipinski definition) is 5. The monoisotopic (exact) mass is 278 g/mol. The van der Waals surface area contributed by atoms with E-state index in [0.717, 1.165) is 6.20 Å². The summed E-state index contributed by atoms with van der Waals surface area (Å²) in [6.45, 7) is 3.16. The van der Waals surface area contributed by atoms with Gasteiger partial charge in [-0.05, 0) is 13.8 Å². The molecule has 2 aromatic heterocycles. The number of nitro groups is 1. The van der Waals surface area contributed by atoms with Crippen LogP contribution >= 0.6 is 0 Å². The lowest BCUT2D eigenvalue weighted by molar-refractivity contribution is -0.385. The van der Waals surface area contributed by atoms with E-state index in [1.807, 2.05) is 0 Å². The zero-order valence-corrected chi connectivity index (χ0v) is 11.3. The minimum atomic E-state index is -0.675. The third-order valence-electron chi connectivity index (χ3n) is 2.93. The number of nitrogens with zero attached hydrogens (tertiary/aromatic N) is 5. The molecular formula is C11H14N6O3. The van der Waals surface area contributed by atoms with E-state index in [1.165, 1.54) is 4.68 Å². The highest BCUT2D eigenvalue weighted by molar-refractivity contribution is 5.92. The fourth-order valence-corrected chi connectivity index (χ4v) is 1.81. The van der Waals surface area contributed by atoms with Crippen molar-refractivity contribution < 1.29 is 9.72 Å². The minimum absolute atomic E-state index is 0.109. The molecule has 20 heavy (non-hydrogen) atoms. The summed E-state index contributed by atoms with van der Waals surface area (Å²) in [6, 6.07) is 0.980. The van der Waals surface area contributed by atoms with Gasteiger partial charge in [0, 0.05) is 19.3 Å². The Bertz CT molecular complexity index is 659. The molecule has 0 aliphatic carbocycles. The van der Waals surface area contributed by atoms with E-state index in [4.69, 9.17) is 0 Å². The van der Waals surface area contributed by atoms with Gasteiger partial charge in [-0.3, -0.25) is 24.3 Å². The predicted octanol–water partition coefficient (Wildman–Crippen LogP) is 1.03. The molecule has 0 spiro atoms. The molecule has 2 aromatic rings. The first kappa shape index (κ1) is 13.7. The highest BCUT2D eigenvalue weighted by Gasteiger charge is 2.24. The number of nitrogens with one attached hydrogen (secondary N) is 1. The lowest BCUT2D eigenvalue weighted by Crippen LogP contribution is -2.25. The quantitative estimate of drug-likeness (QED) is 0.663. The van der Waals surface area contributed by atoms with Gasteiger partial charge in [0.25, 0.3) is 0 Å². The van der Waals surface area contributed by atoms with Crippen LogP contribution in [0.1, 0.15) is 18.7 Å². The van der Waals surface area contributed by atoms with Crippen LogP contribution in [-0.4, -0.2) is 30.4 Å². The van der Waals surface area contributed by atoms with Crippen molar-refractivity contribution in [3.8, 4) is 0 Å². The van der Waals surface area contributed by atoms with Crippen molar-refractivity contribution in [2.45, 2.75) is 19.9 Å². The van der Waals surface area contributed by atoms with Crippen LogP contribution in [0.5, 0.6) is 0 Å². The van der Waals surface area contributed by atoms with Crippen LogP contribution in [0.25, 0.3) is 0 Å². The lowest BCUT2D eigenvalue weighted by atomic mass is 10.3. The Morgan fingerprint density at radius 1 is 1.55 bits per heavy atom. The van der Waals surface area contributed by atoms with Gasteiger partial charge in [0.05, 0.1) is 4.92 Å². The third-order valence-corrected chi connectivity index (χ3v) is 2.93. The van der Waals surface area contributed by atoms with E-state index in [1.54, 1.807) is 37.8 Å². The van der Waals surface area contributed by atoms with Gasteiger partial charge in [0.1, 0.15) is 17.9 Å². The molecule has 106 valence electrons. The van der Waals surface area contributed by atoms with Crippen LogP contribution in [0.3, 0.4) is 0 Å². The second kappa shape index (κ2) is 5.11. The second-order valence-corrected chi connectivity index (χ2v) is 4.36. The third kappa shape index (κ3) is 2.51. The molecule has 1 N–H and O–H groups in total. The van der Waals surface area contributed by atoms with Gasteiger partial charge in [0.2, 0.25) is 5.91 Å². The lowest BCUT2D eigenvalue weighted by Gasteiger charge is -2.12. The normalized spacial score (nSPS) is 12.2. The highest BCUT2D eigenvalue weighted by Crippen LogP contribution is 2.20. The summed E-state index contributed by atoms with van der Waals surface area (Å²) in [5.41, 5.74) is 0.223. The van der Waals surface area contributed by atoms with E-state index in [-0.39, 0.29) is 11.6 Å². The van der Waals surface area contributed by atoms with Gasteiger partial charge in [-0.25, -0.2) is 0 Å². The summed E-state index contributed by atoms with van der Waals surface area (Å²) in [4.78, 5) is 22.3. The Kier molecular flexibility index (Phi) is 3.51. The first-order valence-electron chi connectivity index (χ1n) is 5.89. The van der Waals surface area contributed by atoms with Crippen molar-refractivity contribution in [1.29, 1.82) is 0 Å². The fraction of sp³-hybridized carbons (Fsp3) is 0.364. The average Bonchev–Trinajstić information content (AvgIpc) is 2.94. The van der Waals surface area contributed by atoms with Crippen molar-refractivity contribution in [3.05, 3.63) is 34.3 Å². The van der Waals surface area contributed by atoms with Crippen molar-refractivity contribution in [1.82, 2.24) is 19.6 Å². The van der Waals surface area contributed by atoms with Gasteiger partial charge in [-0.1, -0.05) is 0 Å². The molecule has 0 fully saturated rings. The molecule has 9 heteroatoms. The van der Waals surface area contributed by atoms with Crippen LogP contribution in [0, 0.1) is 17.0 Å². The maximum Gasteiger partial charge on any atom is 0.309 e. The number of hydrogen-bond donors (Lipinski definition) is 1. The topological polar surface area (TPSA) is 108 Å². The molecule has 1 unspecified atom stereocenters. The highest BCUT2D eigenvalue weighted by atomic mass is 16.6. The Morgan fingerprint density at radius 3 is 2.75 bits per heavy atom. The molecular weight excluding hydrogens is 264 g/mol. The first-order chi connectivity index (χ1) is 9.40. The van der Waals surface area contributed by atoms with Gasteiger partial charge < -0.3 is 5.32 Å². The molecule has 0 saturated carbocycles. The zero-order valence-electron chi connectivity index (χ0n) is 11.3. The fourth-order valence-electron chi connectivity index (χ4n) is 1.81. The summed E-state index contributed by atoms with van der Waals surface area (Å²) >= 11 is 0. The molecule has 1 atom stereocenters. The summed E-state index contributed by atoms with van der Waals surface area (Å²) in [5.74, 6) is 0.0773. The standard InChI is InChI=1S/C11H14N6O3/c1-7-9(17(19)20)6-12-16(7)8(2)11(18)13-10-4-5-15(3)14-10/h4-6,8H,1-3H3,(H,13,14,18). The van der Waals surface area contributed by atoms with E-state index >= 15 is 0 Å². The summed E-state index contributed by atoms with van der Waals surface area (Å²) < 4.78 is 2.88. The van der Waals surface area contributed by atoms with Crippen molar-refractivity contribution in [2.75, 3.05) is 5.32 Å². The Morgan fingerprint density at radius 2 is 2.25 bits per heavy atom. The van der Waals surface area contributed by atoms with E-state index in [2.05, 4.69) is 15.5 Å². The van der Waals surface area contributed by atoms with Gasteiger partial charge in [-0.15, -0.1) is 0 Å². The van der Waals surface area contributed by atoms with E-state index in [9.17, 15) is 14.9 Å². The van der Waals surface area contributed by atoms with Crippen LogP contribution in [0.2, 0.25) is 0 Å². The molecule has 0 bridgehead atoms. The predicted molar refractivity (Wildman–Crippen MR) is 70.2 cm³/mol. The summed E-state index contributed by atoms with van der Waals surface area (Å²) in [5, 5.41) is 21.3. The molecule has 0 aliphatic rings. The summed E-state index contributed by atoms with van der Waals surface area (Å²) in [6.07, 6.45) is 2.84. The maximum atomic E-state index is 12.1. The number of carbonyl (C=O) groups is 1. The van der Waals surface area contributed by atoms with Gasteiger partial charge in [0.15, 0.2) is 5.82 Å². The van der Waals surface area contributed by atoms with Crippen molar-refractivity contribution >= 4 is 17.4 Å². The maximum absolute atomic E-state index is 12.1. The number of rotatable bonds is 4. The number of carbonyl (C=O) groups excluding carboxylic acids is 1. The van der Waals surface area contributed by atoms with E-state index < -0.39 is 11.0 Å². The molecule has 1 amide bonds. The van der Waals surface area contributed by atoms with Crippen LogP contribution in [0.4, 0.5) is 11.5 Å². The van der Waals surface area contributed by atoms with Crippen LogP contribution in [-0.2, 0) is 11.8 Å². The molecule has 2 heterocycles. The minimum Gasteiger partial charge on any atom is -0.307 e.